The number of nitrogens with one attached hydrogen (secondary N) is 1. The van der Waals surface area contributed by atoms with Crippen molar-refractivity contribution in [2.75, 3.05) is 26.8 Å². The highest BCUT2D eigenvalue weighted by Gasteiger charge is 2.21. The van der Waals surface area contributed by atoms with Gasteiger partial charge in [0.1, 0.15) is 12.7 Å². The first-order valence-electron chi connectivity index (χ1n) is 4.54. The SMILES string of the molecule is COCc1nc([C@H]2CNCCO2)no1. The summed E-state index contributed by atoms with van der Waals surface area (Å²) in [5.74, 6) is 1.07. The number of nitrogens with zero attached hydrogens (tertiary/aromatic N) is 2. The van der Waals surface area contributed by atoms with Gasteiger partial charge in [0.2, 0.25) is 5.82 Å². The van der Waals surface area contributed by atoms with E-state index in [4.69, 9.17) is 14.0 Å². The lowest BCUT2D eigenvalue weighted by Gasteiger charge is -2.20. The molecule has 0 amide bonds. The molecular weight excluding hydrogens is 186 g/mol. The monoisotopic (exact) mass is 199 g/mol. The Bertz CT molecular complexity index is 283. The molecule has 0 unspecified atom stereocenters. The maximum atomic E-state index is 5.47. The minimum atomic E-state index is -0.0990. The largest absolute Gasteiger partial charge is 0.375 e. The summed E-state index contributed by atoms with van der Waals surface area (Å²) in [7, 11) is 1.59. The van der Waals surface area contributed by atoms with Crippen LogP contribution in [0.4, 0.5) is 0 Å². The van der Waals surface area contributed by atoms with E-state index in [2.05, 4.69) is 15.5 Å². The number of aromatic nitrogens is 2. The molecule has 1 aliphatic rings. The highest BCUT2D eigenvalue weighted by atomic mass is 16.5. The summed E-state index contributed by atoms with van der Waals surface area (Å²) >= 11 is 0. The van der Waals surface area contributed by atoms with Gasteiger partial charge in [0.15, 0.2) is 0 Å². The summed E-state index contributed by atoms with van der Waals surface area (Å²) in [6.45, 7) is 2.62. The summed E-state index contributed by atoms with van der Waals surface area (Å²) in [4.78, 5) is 4.16. The molecule has 2 rings (SSSR count). The molecule has 0 spiro atoms. The van der Waals surface area contributed by atoms with E-state index in [9.17, 15) is 0 Å². The molecule has 2 heterocycles. The Hall–Kier alpha value is -0.980. The minimum absolute atomic E-state index is 0.0990. The van der Waals surface area contributed by atoms with Gasteiger partial charge in [-0.15, -0.1) is 0 Å². The van der Waals surface area contributed by atoms with Crippen molar-refractivity contribution in [3.63, 3.8) is 0 Å². The van der Waals surface area contributed by atoms with Gasteiger partial charge in [-0.25, -0.2) is 0 Å². The van der Waals surface area contributed by atoms with Crippen LogP contribution < -0.4 is 5.32 Å². The normalized spacial score (nSPS) is 22.5. The minimum Gasteiger partial charge on any atom is -0.375 e. The number of rotatable bonds is 3. The Kier molecular flexibility index (Phi) is 3.07. The summed E-state index contributed by atoms with van der Waals surface area (Å²) in [6.07, 6.45) is -0.0990. The Morgan fingerprint density at radius 2 is 2.57 bits per heavy atom. The van der Waals surface area contributed by atoms with Crippen LogP contribution in [-0.4, -0.2) is 36.9 Å². The van der Waals surface area contributed by atoms with Gasteiger partial charge in [0.25, 0.3) is 5.89 Å². The second kappa shape index (κ2) is 4.50. The molecule has 0 aromatic carbocycles. The van der Waals surface area contributed by atoms with Crippen LogP contribution >= 0.6 is 0 Å². The van der Waals surface area contributed by atoms with Crippen molar-refractivity contribution in [3.8, 4) is 0 Å². The van der Waals surface area contributed by atoms with Crippen LogP contribution in [0.15, 0.2) is 4.52 Å². The third kappa shape index (κ3) is 2.09. The Balaban J connectivity index is 2.00. The molecule has 0 bridgehead atoms. The van der Waals surface area contributed by atoms with E-state index >= 15 is 0 Å². The second-order valence-corrected chi connectivity index (χ2v) is 3.04. The van der Waals surface area contributed by atoms with Crippen LogP contribution in [0.2, 0.25) is 0 Å². The first-order valence-corrected chi connectivity index (χ1v) is 4.54. The predicted molar refractivity (Wildman–Crippen MR) is 46.6 cm³/mol. The Morgan fingerprint density at radius 3 is 3.29 bits per heavy atom. The van der Waals surface area contributed by atoms with E-state index in [1.807, 2.05) is 0 Å². The van der Waals surface area contributed by atoms with Gasteiger partial charge in [0.05, 0.1) is 6.61 Å². The molecule has 1 aliphatic heterocycles. The van der Waals surface area contributed by atoms with Crippen LogP contribution in [0.5, 0.6) is 0 Å². The zero-order valence-electron chi connectivity index (χ0n) is 8.02. The zero-order valence-corrected chi connectivity index (χ0v) is 8.02. The van der Waals surface area contributed by atoms with Crippen LogP contribution in [0, 0.1) is 0 Å². The molecule has 1 N–H and O–H groups in total. The van der Waals surface area contributed by atoms with Crippen LogP contribution in [0.1, 0.15) is 17.8 Å². The van der Waals surface area contributed by atoms with Crippen molar-refractivity contribution < 1.29 is 14.0 Å². The standard InChI is InChI=1S/C8H13N3O3/c1-12-5-7-10-8(11-14-7)6-4-9-2-3-13-6/h6,9H,2-5H2,1H3/t6-/m1/s1. The number of morpholine rings is 1. The smallest absolute Gasteiger partial charge is 0.252 e. The fourth-order valence-corrected chi connectivity index (χ4v) is 1.31. The molecule has 6 heteroatoms. The molecule has 14 heavy (non-hydrogen) atoms. The first kappa shape index (κ1) is 9.57. The number of ether oxygens (including phenoxy) is 2. The molecular formula is C8H13N3O3. The average Bonchev–Trinajstić information content (AvgIpc) is 2.68. The second-order valence-electron chi connectivity index (χ2n) is 3.04. The molecule has 1 atom stereocenters. The van der Waals surface area contributed by atoms with E-state index in [1.165, 1.54) is 0 Å². The van der Waals surface area contributed by atoms with Crippen molar-refractivity contribution in [1.82, 2.24) is 15.5 Å². The lowest BCUT2D eigenvalue weighted by Crippen LogP contribution is -2.33. The first-order chi connectivity index (χ1) is 6.90. The maximum absolute atomic E-state index is 5.47. The van der Waals surface area contributed by atoms with E-state index in [1.54, 1.807) is 7.11 Å². The highest BCUT2D eigenvalue weighted by molar-refractivity contribution is 4.92. The van der Waals surface area contributed by atoms with Crippen molar-refractivity contribution in [2.45, 2.75) is 12.7 Å². The van der Waals surface area contributed by atoms with E-state index < -0.39 is 0 Å². The Morgan fingerprint density at radius 1 is 1.64 bits per heavy atom. The molecule has 1 fully saturated rings. The lowest BCUT2D eigenvalue weighted by molar-refractivity contribution is 0.0208. The molecule has 0 aliphatic carbocycles. The third-order valence-electron chi connectivity index (χ3n) is 1.97. The summed E-state index contributed by atoms with van der Waals surface area (Å²) in [6, 6.07) is 0. The molecule has 0 radical (unpaired) electrons. The Labute approximate surface area is 81.6 Å². The predicted octanol–water partition coefficient (Wildman–Crippen LogP) is -0.123. The fraction of sp³-hybridized carbons (Fsp3) is 0.750. The van der Waals surface area contributed by atoms with Crippen molar-refractivity contribution in [1.29, 1.82) is 0 Å². The number of hydrogen-bond acceptors (Lipinski definition) is 6. The highest BCUT2D eigenvalue weighted by Crippen LogP contribution is 2.15. The topological polar surface area (TPSA) is 69.4 Å². The number of hydrogen-bond donors (Lipinski definition) is 1. The van der Waals surface area contributed by atoms with Gasteiger partial charge in [-0.3, -0.25) is 0 Å². The van der Waals surface area contributed by atoms with Gasteiger partial charge in [-0.1, -0.05) is 5.16 Å². The zero-order chi connectivity index (χ0) is 9.80. The van der Waals surface area contributed by atoms with E-state index in [0.717, 1.165) is 13.1 Å². The van der Waals surface area contributed by atoms with Crippen molar-refractivity contribution in [2.24, 2.45) is 0 Å². The summed E-state index contributed by atoms with van der Waals surface area (Å²) in [5, 5.41) is 7.02. The third-order valence-corrected chi connectivity index (χ3v) is 1.97. The van der Waals surface area contributed by atoms with E-state index in [-0.39, 0.29) is 6.10 Å². The summed E-state index contributed by atoms with van der Waals surface area (Å²) < 4.78 is 15.3. The molecule has 0 saturated carbocycles. The van der Waals surface area contributed by atoms with Crippen molar-refractivity contribution >= 4 is 0 Å². The van der Waals surface area contributed by atoms with E-state index in [0.29, 0.717) is 24.9 Å². The molecule has 1 aromatic heterocycles. The quantitative estimate of drug-likeness (QED) is 0.731. The van der Waals surface area contributed by atoms with Crippen LogP contribution in [0.3, 0.4) is 0 Å². The van der Waals surface area contributed by atoms with Gasteiger partial charge in [-0.05, 0) is 0 Å². The lowest BCUT2D eigenvalue weighted by atomic mass is 10.3. The van der Waals surface area contributed by atoms with Gasteiger partial charge < -0.3 is 19.3 Å². The van der Waals surface area contributed by atoms with Crippen molar-refractivity contribution in [3.05, 3.63) is 11.7 Å². The molecule has 78 valence electrons. The molecule has 6 nitrogen and oxygen atoms in total. The van der Waals surface area contributed by atoms with Gasteiger partial charge in [-0.2, -0.15) is 4.98 Å². The average molecular weight is 199 g/mol. The number of methoxy groups -OCH3 is 1. The van der Waals surface area contributed by atoms with Crippen LogP contribution in [-0.2, 0) is 16.1 Å². The van der Waals surface area contributed by atoms with Gasteiger partial charge in [0, 0.05) is 20.2 Å². The maximum Gasteiger partial charge on any atom is 0.252 e. The van der Waals surface area contributed by atoms with Gasteiger partial charge >= 0.3 is 0 Å². The molecule has 1 saturated heterocycles. The summed E-state index contributed by atoms with van der Waals surface area (Å²) in [5.41, 5.74) is 0. The fourth-order valence-electron chi connectivity index (χ4n) is 1.31. The molecule has 1 aromatic rings. The van der Waals surface area contributed by atoms with Crippen LogP contribution in [0.25, 0.3) is 0 Å².